The molecule has 0 saturated carbocycles. The van der Waals surface area contributed by atoms with Gasteiger partial charge in [-0.1, -0.05) is 6.07 Å². The van der Waals surface area contributed by atoms with Crippen LogP contribution in [0, 0.1) is 17.0 Å². The van der Waals surface area contributed by atoms with E-state index in [0.717, 1.165) is 4.88 Å². The van der Waals surface area contributed by atoms with Gasteiger partial charge in [-0.15, -0.1) is 11.3 Å². The minimum Gasteiger partial charge on any atom is -0.357 e. The topological polar surface area (TPSA) is 81.0 Å². The molecule has 0 aliphatic carbocycles. The number of thiophene rings is 1. The minimum atomic E-state index is -0.441. The van der Waals surface area contributed by atoms with Crippen LogP contribution in [-0.4, -0.2) is 21.9 Å². The number of nitrogens with one attached hydrogen (secondary N) is 1. The molecule has 2 aromatic heterocycles. The quantitative estimate of drug-likeness (QED) is 0.668. The molecule has 1 N–H and O–H groups in total. The van der Waals surface area contributed by atoms with E-state index in [2.05, 4.69) is 15.3 Å². The van der Waals surface area contributed by atoms with Gasteiger partial charge < -0.3 is 5.32 Å². The van der Waals surface area contributed by atoms with Gasteiger partial charge in [0.2, 0.25) is 5.95 Å². The van der Waals surface area contributed by atoms with Crippen LogP contribution in [0.3, 0.4) is 0 Å². The number of nitro groups is 1. The summed E-state index contributed by atoms with van der Waals surface area (Å²) in [5.41, 5.74) is 0.686. The van der Waals surface area contributed by atoms with Crippen molar-refractivity contribution < 1.29 is 4.92 Å². The SMILES string of the molecule is CNc1nc(C)c([N+](=O)[O-])c(-c2cccs2)n1. The highest BCUT2D eigenvalue weighted by Crippen LogP contribution is 2.33. The maximum Gasteiger partial charge on any atom is 0.317 e. The van der Waals surface area contributed by atoms with Gasteiger partial charge in [-0.25, -0.2) is 9.97 Å². The molecule has 0 fully saturated rings. The Morgan fingerprint density at radius 2 is 2.24 bits per heavy atom. The average molecular weight is 250 g/mol. The number of rotatable bonds is 3. The Kier molecular flexibility index (Phi) is 3.01. The molecule has 88 valence electrons. The van der Waals surface area contributed by atoms with Gasteiger partial charge in [-0.3, -0.25) is 10.1 Å². The zero-order chi connectivity index (χ0) is 12.4. The summed E-state index contributed by atoms with van der Waals surface area (Å²) in [4.78, 5) is 19.6. The largest absolute Gasteiger partial charge is 0.357 e. The molecular weight excluding hydrogens is 240 g/mol. The molecule has 17 heavy (non-hydrogen) atoms. The fraction of sp³-hybridized carbons (Fsp3) is 0.200. The van der Waals surface area contributed by atoms with E-state index in [9.17, 15) is 10.1 Å². The van der Waals surface area contributed by atoms with E-state index < -0.39 is 4.92 Å². The highest BCUT2D eigenvalue weighted by Gasteiger charge is 2.23. The van der Waals surface area contributed by atoms with Crippen LogP contribution in [0.2, 0.25) is 0 Å². The third-order valence-electron chi connectivity index (χ3n) is 2.22. The predicted octanol–water partition coefficient (Wildman–Crippen LogP) is 2.46. The van der Waals surface area contributed by atoms with Crippen molar-refractivity contribution in [2.45, 2.75) is 6.92 Å². The first kappa shape index (κ1) is 11.5. The van der Waals surface area contributed by atoms with Crippen molar-refractivity contribution in [2.24, 2.45) is 0 Å². The molecule has 0 aliphatic rings. The zero-order valence-electron chi connectivity index (χ0n) is 9.30. The lowest BCUT2D eigenvalue weighted by Crippen LogP contribution is -2.04. The number of anilines is 1. The third kappa shape index (κ3) is 2.09. The van der Waals surface area contributed by atoms with Crippen LogP contribution in [0.25, 0.3) is 10.6 Å². The molecule has 2 rings (SSSR count). The first-order valence-corrected chi connectivity index (χ1v) is 5.76. The predicted molar refractivity (Wildman–Crippen MR) is 66.3 cm³/mol. The number of hydrogen-bond donors (Lipinski definition) is 1. The number of hydrogen-bond acceptors (Lipinski definition) is 6. The Labute approximate surface area is 102 Å². The van der Waals surface area contributed by atoms with Crippen molar-refractivity contribution >= 4 is 23.0 Å². The molecule has 0 unspecified atom stereocenters. The number of nitrogens with zero attached hydrogens (tertiary/aromatic N) is 3. The summed E-state index contributed by atoms with van der Waals surface area (Å²) in [6.07, 6.45) is 0. The van der Waals surface area contributed by atoms with Gasteiger partial charge in [0.15, 0.2) is 5.69 Å². The Morgan fingerprint density at radius 1 is 1.47 bits per heavy atom. The van der Waals surface area contributed by atoms with E-state index in [1.807, 2.05) is 11.4 Å². The lowest BCUT2D eigenvalue weighted by atomic mass is 10.2. The fourth-order valence-electron chi connectivity index (χ4n) is 1.48. The van der Waals surface area contributed by atoms with Gasteiger partial charge >= 0.3 is 5.69 Å². The number of aryl methyl sites for hydroxylation is 1. The third-order valence-corrected chi connectivity index (χ3v) is 3.10. The second-order valence-corrected chi connectivity index (χ2v) is 4.26. The highest BCUT2D eigenvalue weighted by atomic mass is 32.1. The molecule has 0 spiro atoms. The lowest BCUT2D eigenvalue weighted by Gasteiger charge is -2.05. The normalized spacial score (nSPS) is 10.2. The second kappa shape index (κ2) is 4.46. The van der Waals surface area contributed by atoms with Crippen molar-refractivity contribution in [1.29, 1.82) is 0 Å². The van der Waals surface area contributed by atoms with Crippen LogP contribution in [0.5, 0.6) is 0 Å². The van der Waals surface area contributed by atoms with E-state index >= 15 is 0 Å². The molecule has 0 atom stereocenters. The summed E-state index contributed by atoms with van der Waals surface area (Å²) in [5, 5.41) is 15.7. The van der Waals surface area contributed by atoms with E-state index in [1.165, 1.54) is 11.3 Å². The van der Waals surface area contributed by atoms with Crippen LogP contribution >= 0.6 is 11.3 Å². The summed E-state index contributed by atoms with van der Waals surface area (Å²) in [7, 11) is 1.68. The van der Waals surface area contributed by atoms with Crippen molar-refractivity contribution in [2.75, 3.05) is 12.4 Å². The van der Waals surface area contributed by atoms with Crippen LogP contribution < -0.4 is 5.32 Å². The minimum absolute atomic E-state index is 0.0357. The molecular formula is C10H10N4O2S. The van der Waals surface area contributed by atoms with Crippen LogP contribution in [-0.2, 0) is 0 Å². The van der Waals surface area contributed by atoms with Crippen molar-refractivity contribution in [3.05, 3.63) is 33.3 Å². The second-order valence-electron chi connectivity index (χ2n) is 3.31. The summed E-state index contributed by atoms with van der Waals surface area (Å²) >= 11 is 1.41. The standard InChI is InChI=1S/C10H10N4O2S/c1-6-9(14(15)16)8(7-4-3-5-17-7)13-10(11-2)12-6/h3-5H,1-2H3,(H,11,12,13). The first-order chi connectivity index (χ1) is 8.13. The Morgan fingerprint density at radius 3 is 2.76 bits per heavy atom. The first-order valence-electron chi connectivity index (χ1n) is 4.88. The van der Waals surface area contributed by atoms with Gasteiger partial charge in [0.25, 0.3) is 0 Å². The van der Waals surface area contributed by atoms with Crippen molar-refractivity contribution in [3.8, 4) is 10.6 Å². The molecule has 0 saturated heterocycles. The highest BCUT2D eigenvalue weighted by molar-refractivity contribution is 7.13. The molecule has 2 heterocycles. The Balaban J connectivity index is 2.70. The molecule has 0 amide bonds. The smallest absolute Gasteiger partial charge is 0.317 e. The maximum atomic E-state index is 11.0. The van der Waals surface area contributed by atoms with Crippen molar-refractivity contribution in [3.63, 3.8) is 0 Å². The van der Waals surface area contributed by atoms with Crippen LogP contribution in [0.4, 0.5) is 11.6 Å². The Hall–Kier alpha value is -2.02. The fourth-order valence-corrected chi connectivity index (χ4v) is 2.20. The summed E-state index contributed by atoms with van der Waals surface area (Å²) in [6, 6.07) is 3.64. The molecule has 6 nitrogen and oxygen atoms in total. The molecule has 2 aromatic rings. The monoisotopic (exact) mass is 250 g/mol. The summed E-state index contributed by atoms with van der Waals surface area (Å²) in [5.74, 6) is 0.386. The zero-order valence-corrected chi connectivity index (χ0v) is 10.1. The van der Waals surface area contributed by atoms with Crippen LogP contribution in [0.15, 0.2) is 17.5 Å². The molecule has 7 heteroatoms. The maximum absolute atomic E-state index is 11.0. The van der Waals surface area contributed by atoms with Gasteiger partial charge in [0.1, 0.15) is 5.69 Å². The van der Waals surface area contributed by atoms with Crippen molar-refractivity contribution in [1.82, 2.24) is 9.97 Å². The molecule has 0 radical (unpaired) electrons. The van der Waals surface area contributed by atoms with Crippen LogP contribution in [0.1, 0.15) is 5.69 Å². The number of aromatic nitrogens is 2. The van der Waals surface area contributed by atoms with Gasteiger partial charge in [-0.05, 0) is 18.4 Å². The van der Waals surface area contributed by atoms with Gasteiger partial charge in [0, 0.05) is 7.05 Å². The summed E-state index contributed by atoms with van der Waals surface area (Å²) < 4.78 is 0. The van der Waals surface area contributed by atoms with E-state index in [-0.39, 0.29) is 5.69 Å². The lowest BCUT2D eigenvalue weighted by molar-refractivity contribution is -0.385. The van der Waals surface area contributed by atoms with E-state index in [4.69, 9.17) is 0 Å². The van der Waals surface area contributed by atoms with E-state index in [1.54, 1.807) is 20.0 Å². The van der Waals surface area contributed by atoms with Gasteiger partial charge in [0.05, 0.1) is 9.80 Å². The Bertz CT molecular complexity index is 554. The molecule has 0 bridgehead atoms. The molecule has 0 aromatic carbocycles. The van der Waals surface area contributed by atoms with E-state index in [0.29, 0.717) is 17.3 Å². The van der Waals surface area contributed by atoms with Gasteiger partial charge in [-0.2, -0.15) is 0 Å². The summed E-state index contributed by atoms with van der Waals surface area (Å²) in [6.45, 7) is 1.61. The molecule has 0 aliphatic heterocycles. The average Bonchev–Trinajstić information content (AvgIpc) is 2.80.